The average molecular weight is 961 g/mol. The number of fused-ring (bicyclic) bond motifs is 11. The van der Waals surface area contributed by atoms with Gasteiger partial charge >= 0.3 is 0 Å². The Morgan fingerprint density at radius 3 is 1.36 bits per heavy atom. The molecule has 0 bridgehead atoms. The fourth-order valence-corrected chi connectivity index (χ4v) is 13.0. The monoisotopic (exact) mass is 960 g/mol. The van der Waals surface area contributed by atoms with Gasteiger partial charge in [0.2, 0.25) is 0 Å². The minimum absolute atomic E-state index is 0.00463. The predicted molar refractivity (Wildman–Crippen MR) is 311 cm³/mol. The van der Waals surface area contributed by atoms with Crippen LogP contribution in [0.15, 0.2) is 235 Å². The number of para-hydroxylation sites is 3. The second kappa shape index (κ2) is 17.0. The molecule has 1 aliphatic rings. The van der Waals surface area contributed by atoms with Crippen molar-refractivity contribution in [1.29, 1.82) is 0 Å². The molecule has 4 heteroatoms. The standard InChI is InChI=1S/C69H56N2OS/c1-67(2,3)45-35-39-51(40-36-45)70(49-27-15-9-16-28-49)57-43-56-64(66-61(57)54-32-20-22-34-60(54)73-66)63-55(69(56,47-23-11-7-12-24-47)48-25-13-8-14-26-48)44-58(65-62(63)53-31-19-21-33-59(53)72-65)71(50-29-17-10-18-30-50)52-41-37-46(38-42-52)68(4,5)6/h7-44H,1-6H3. The summed E-state index contributed by atoms with van der Waals surface area (Å²) in [4.78, 5) is 4.92. The number of anilines is 6. The van der Waals surface area contributed by atoms with Crippen LogP contribution >= 0.6 is 11.3 Å². The molecule has 0 amide bonds. The summed E-state index contributed by atoms with van der Waals surface area (Å²) >= 11 is 1.91. The first-order valence-electron chi connectivity index (χ1n) is 25.5. The van der Waals surface area contributed by atoms with E-state index in [1.165, 1.54) is 64.7 Å². The van der Waals surface area contributed by atoms with Crippen LogP contribution in [0, 0.1) is 0 Å². The Morgan fingerprint density at radius 2 is 0.822 bits per heavy atom. The maximum absolute atomic E-state index is 7.34. The highest BCUT2D eigenvalue weighted by molar-refractivity contribution is 7.26. The summed E-state index contributed by atoms with van der Waals surface area (Å²) in [6, 6.07) is 85.4. The number of rotatable bonds is 8. The van der Waals surface area contributed by atoms with Crippen molar-refractivity contribution in [2.45, 2.75) is 57.8 Å². The highest BCUT2D eigenvalue weighted by Crippen LogP contribution is 2.65. The van der Waals surface area contributed by atoms with Gasteiger partial charge in [0.1, 0.15) is 5.58 Å². The van der Waals surface area contributed by atoms with Crippen LogP contribution in [0.4, 0.5) is 34.1 Å². The lowest BCUT2D eigenvalue weighted by molar-refractivity contribution is 0.590. The van der Waals surface area contributed by atoms with Gasteiger partial charge in [0.05, 0.1) is 16.8 Å². The number of furan rings is 1. The molecule has 73 heavy (non-hydrogen) atoms. The van der Waals surface area contributed by atoms with Gasteiger partial charge < -0.3 is 14.2 Å². The molecule has 12 aromatic rings. The number of benzene rings is 10. The van der Waals surface area contributed by atoms with E-state index < -0.39 is 5.41 Å². The van der Waals surface area contributed by atoms with Crippen molar-refractivity contribution in [3.63, 3.8) is 0 Å². The third kappa shape index (κ3) is 7.06. The first-order chi connectivity index (χ1) is 35.5. The van der Waals surface area contributed by atoms with Crippen molar-refractivity contribution < 1.29 is 4.42 Å². The first-order valence-corrected chi connectivity index (χ1v) is 26.3. The molecule has 0 fully saturated rings. The highest BCUT2D eigenvalue weighted by Gasteiger charge is 2.50. The number of thiophene rings is 1. The Hall–Kier alpha value is -8.18. The topological polar surface area (TPSA) is 19.6 Å². The average Bonchev–Trinajstić information content (AvgIpc) is 4.10. The summed E-state index contributed by atoms with van der Waals surface area (Å²) in [7, 11) is 0. The van der Waals surface area contributed by atoms with Crippen molar-refractivity contribution in [2.75, 3.05) is 9.80 Å². The molecule has 2 heterocycles. The smallest absolute Gasteiger partial charge is 0.160 e. The second-order valence-electron chi connectivity index (χ2n) is 21.7. The summed E-state index contributed by atoms with van der Waals surface area (Å²) in [5.41, 5.74) is 17.3. The lowest BCUT2D eigenvalue weighted by Gasteiger charge is -2.36. The maximum atomic E-state index is 7.34. The molecule has 3 nitrogen and oxygen atoms in total. The third-order valence-electron chi connectivity index (χ3n) is 15.2. The van der Waals surface area contributed by atoms with Gasteiger partial charge in [0.15, 0.2) is 5.58 Å². The van der Waals surface area contributed by atoms with Crippen molar-refractivity contribution in [3.8, 4) is 11.1 Å². The Balaban J connectivity index is 1.23. The SMILES string of the molecule is CC(C)(C)c1ccc(N(c2ccccc2)c2cc3c(c4c2oc2ccccc24)-c2c(cc(N(c4ccccc4)c4ccc(C(C)(C)C)cc4)c4c2sc2ccccc24)C3(c2ccccc2)c2ccccc2)cc1. The van der Waals surface area contributed by atoms with Crippen LogP contribution in [0.5, 0.6) is 0 Å². The molecule has 0 saturated heterocycles. The molecule has 2 aromatic heterocycles. The lowest BCUT2D eigenvalue weighted by atomic mass is 9.67. The van der Waals surface area contributed by atoms with Crippen LogP contribution in [0.1, 0.15) is 74.9 Å². The first kappa shape index (κ1) is 44.7. The van der Waals surface area contributed by atoms with Gasteiger partial charge in [-0.05, 0) is 117 Å². The van der Waals surface area contributed by atoms with E-state index in [0.29, 0.717) is 0 Å². The number of nitrogens with zero attached hydrogens (tertiary/aromatic N) is 2. The van der Waals surface area contributed by atoms with E-state index in [1.807, 2.05) is 11.3 Å². The van der Waals surface area contributed by atoms with Crippen LogP contribution < -0.4 is 9.80 Å². The summed E-state index contributed by atoms with van der Waals surface area (Å²) < 4.78 is 9.85. The zero-order valence-electron chi connectivity index (χ0n) is 42.2. The van der Waals surface area contributed by atoms with Gasteiger partial charge in [-0.2, -0.15) is 0 Å². The Bertz CT molecular complexity index is 3970. The van der Waals surface area contributed by atoms with Gasteiger partial charge in [-0.3, -0.25) is 0 Å². The molecule has 1 aliphatic carbocycles. The summed E-state index contributed by atoms with van der Waals surface area (Å²) in [5, 5.41) is 4.69. The minimum Gasteiger partial charge on any atom is -0.454 e. The quantitative estimate of drug-likeness (QED) is 0.151. The lowest BCUT2D eigenvalue weighted by Crippen LogP contribution is -2.29. The van der Waals surface area contributed by atoms with E-state index in [0.717, 1.165) is 56.1 Å². The molecule has 0 spiro atoms. The van der Waals surface area contributed by atoms with E-state index in [-0.39, 0.29) is 10.8 Å². The van der Waals surface area contributed by atoms with Crippen LogP contribution in [0.2, 0.25) is 0 Å². The van der Waals surface area contributed by atoms with E-state index in [9.17, 15) is 0 Å². The normalized spacial score (nSPS) is 13.2. The van der Waals surface area contributed by atoms with E-state index in [4.69, 9.17) is 4.42 Å². The summed E-state index contributed by atoms with van der Waals surface area (Å²) in [6.45, 7) is 13.7. The molecule has 13 rings (SSSR count). The molecule has 0 radical (unpaired) electrons. The fraction of sp³-hybridized carbons (Fsp3) is 0.130. The summed E-state index contributed by atoms with van der Waals surface area (Å²) in [6.07, 6.45) is 0. The second-order valence-corrected chi connectivity index (χ2v) is 22.7. The molecule has 0 saturated carbocycles. The Labute approximate surface area is 432 Å². The molecule has 354 valence electrons. The van der Waals surface area contributed by atoms with Gasteiger partial charge in [-0.25, -0.2) is 0 Å². The largest absolute Gasteiger partial charge is 0.454 e. The fourth-order valence-electron chi connectivity index (χ4n) is 11.7. The van der Waals surface area contributed by atoms with Crippen LogP contribution in [0.25, 0.3) is 53.2 Å². The molecule has 0 atom stereocenters. The van der Waals surface area contributed by atoms with Gasteiger partial charge in [0, 0.05) is 64.8 Å². The van der Waals surface area contributed by atoms with Crippen LogP contribution in [-0.4, -0.2) is 0 Å². The van der Waals surface area contributed by atoms with Crippen LogP contribution in [0.3, 0.4) is 0 Å². The molecular formula is C69H56N2OS. The van der Waals surface area contributed by atoms with E-state index in [1.54, 1.807) is 0 Å². The van der Waals surface area contributed by atoms with Crippen molar-refractivity contribution in [2.24, 2.45) is 0 Å². The molecule has 0 N–H and O–H groups in total. The molecule has 0 aliphatic heterocycles. The van der Waals surface area contributed by atoms with Gasteiger partial charge in [-0.15, -0.1) is 11.3 Å². The highest BCUT2D eigenvalue weighted by atomic mass is 32.1. The van der Waals surface area contributed by atoms with Crippen LogP contribution in [-0.2, 0) is 16.2 Å². The maximum Gasteiger partial charge on any atom is 0.160 e. The molecule has 0 unspecified atom stereocenters. The predicted octanol–water partition coefficient (Wildman–Crippen LogP) is 19.9. The van der Waals surface area contributed by atoms with Crippen molar-refractivity contribution in [1.82, 2.24) is 0 Å². The molecule has 10 aromatic carbocycles. The van der Waals surface area contributed by atoms with E-state index >= 15 is 0 Å². The van der Waals surface area contributed by atoms with Gasteiger partial charge in [-0.1, -0.05) is 199 Å². The van der Waals surface area contributed by atoms with Crippen molar-refractivity contribution >= 4 is 87.6 Å². The van der Waals surface area contributed by atoms with Crippen molar-refractivity contribution in [3.05, 3.63) is 264 Å². The van der Waals surface area contributed by atoms with Gasteiger partial charge in [0.25, 0.3) is 0 Å². The Kier molecular flexibility index (Phi) is 10.4. The zero-order valence-corrected chi connectivity index (χ0v) is 43.0. The molecular weight excluding hydrogens is 905 g/mol. The summed E-state index contributed by atoms with van der Waals surface area (Å²) in [5.74, 6) is 0. The third-order valence-corrected chi connectivity index (χ3v) is 16.4. The minimum atomic E-state index is -0.787. The number of hydrogen-bond donors (Lipinski definition) is 0. The van der Waals surface area contributed by atoms with E-state index in [2.05, 4.69) is 282 Å². The Morgan fingerprint density at radius 1 is 0.397 bits per heavy atom. The number of hydrogen-bond acceptors (Lipinski definition) is 4. The zero-order chi connectivity index (χ0) is 49.6.